The molecule has 18 heavy (non-hydrogen) atoms. The summed E-state index contributed by atoms with van der Waals surface area (Å²) in [4.78, 5) is 3.41. The third-order valence-corrected chi connectivity index (χ3v) is 5.51. The number of rotatable bonds is 4. The van der Waals surface area contributed by atoms with Gasteiger partial charge in [-0.15, -0.1) is 11.3 Å². The van der Waals surface area contributed by atoms with E-state index in [1.165, 1.54) is 24.1 Å². The van der Waals surface area contributed by atoms with E-state index in [2.05, 4.69) is 19.0 Å². The average Bonchev–Trinajstić information content (AvgIpc) is 2.75. The van der Waals surface area contributed by atoms with E-state index in [1.807, 2.05) is 12.1 Å². The first-order chi connectivity index (χ1) is 8.54. The molecule has 0 radical (unpaired) electrons. The van der Waals surface area contributed by atoms with Gasteiger partial charge >= 0.3 is 0 Å². The topological polar surface area (TPSA) is 23.5 Å². The Morgan fingerprint density at radius 2 is 2.00 bits per heavy atom. The summed E-state index contributed by atoms with van der Waals surface area (Å²) in [6, 6.07) is 3.94. The van der Waals surface area contributed by atoms with Crippen LogP contribution < -0.4 is 0 Å². The summed E-state index contributed by atoms with van der Waals surface area (Å²) in [7, 11) is 4.19. The molecule has 1 aromatic rings. The van der Waals surface area contributed by atoms with Crippen LogP contribution in [0.25, 0.3) is 0 Å². The summed E-state index contributed by atoms with van der Waals surface area (Å²) in [5.74, 6) is 0. The van der Waals surface area contributed by atoms with Gasteiger partial charge in [0, 0.05) is 16.8 Å². The lowest BCUT2D eigenvalue weighted by Gasteiger charge is -2.46. The van der Waals surface area contributed by atoms with E-state index in [9.17, 15) is 5.11 Å². The minimum atomic E-state index is -0.303. The highest BCUT2D eigenvalue weighted by Gasteiger charge is 2.40. The quantitative estimate of drug-likeness (QED) is 0.915. The molecule has 1 fully saturated rings. The molecule has 1 aromatic heterocycles. The van der Waals surface area contributed by atoms with Crippen LogP contribution in [0, 0.1) is 0 Å². The summed E-state index contributed by atoms with van der Waals surface area (Å²) in [6.07, 6.45) is 6.35. The van der Waals surface area contributed by atoms with Crippen molar-refractivity contribution in [3.8, 4) is 0 Å². The molecule has 0 aromatic carbocycles. The number of halogens is 1. The fourth-order valence-corrected chi connectivity index (χ4v) is 4.21. The molecule has 1 aliphatic carbocycles. The Balaban J connectivity index is 2.10. The molecular formula is C14H22ClNOS. The largest absolute Gasteiger partial charge is 0.391 e. The van der Waals surface area contributed by atoms with Crippen molar-refractivity contribution in [3.05, 3.63) is 21.3 Å². The van der Waals surface area contributed by atoms with Crippen LogP contribution in [0.3, 0.4) is 0 Å². The predicted molar refractivity (Wildman–Crippen MR) is 78.5 cm³/mol. The first kappa shape index (κ1) is 14.3. The molecule has 2 rings (SSSR count). The van der Waals surface area contributed by atoms with Crippen LogP contribution in [-0.4, -0.2) is 35.7 Å². The molecule has 102 valence electrons. The van der Waals surface area contributed by atoms with Gasteiger partial charge in [0.05, 0.1) is 10.4 Å². The second-order valence-corrected chi connectivity index (χ2v) is 7.28. The van der Waals surface area contributed by atoms with E-state index < -0.39 is 0 Å². The van der Waals surface area contributed by atoms with Gasteiger partial charge < -0.3 is 10.0 Å². The van der Waals surface area contributed by atoms with Crippen LogP contribution in [0.2, 0.25) is 4.34 Å². The molecule has 0 bridgehead atoms. The standard InChI is InChI=1S/C14H22ClNOS/c1-16(2)14(8-4-3-5-9-14)12(17)10-11-6-7-13(15)18-11/h6-7,12,17H,3-5,8-10H2,1-2H3. The van der Waals surface area contributed by atoms with Gasteiger partial charge in [-0.3, -0.25) is 0 Å². The van der Waals surface area contributed by atoms with Gasteiger partial charge in [-0.1, -0.05) is 30.9 Å². The minimum Gasteiger partial charge on any atom is -0.391 e. The van der Waals surface area contributed by atoms with Gasteiger partial charge in [0.2, 0.25) is 0 Å². The van der Waals surface area contributed by atoms with Crippen molar-refractivity contribution >= 4 is 22.9 Å². The van der Waals surface area contributed by atoms with E-state index >= 15 is 0 Å². The van der Waals surface area contributed by atoms with Crippen LogP contribution in [0.15, 0.2) is 12.1 Å². The summed E-state index contributed by atoms with van der Waals surface area (Å²) in [5.41, 5.74) is -0.0469. The van der Waals surface area contributed by atoms with Gasteiger partial charge in [-0.05, 0) is 39.1 Å². The fourth-order valence-electron chi connectivity index (χ4n) is 3.08. The van der Waals surface area contributed by atoms with Crippen molar-refractivity contribution in [2.75, 3.05) is 14.1 Å². The molecule has 0 saturated heterocycles. The second-order valence-electron chi connectivity index (χ2n) is 5.48. The van der Waals surface area contributed by atoms with E-state index in [1.54, 1.807) is 11.3 Å². The average molecular weight is 288 g/mol. The summed E-state index contributed by atoms with van der Waals surface area (Å²) >= 11 is 7.53. The zero-order chi connectivity index (χ0) is 13.2. The Labute approximate surface area is 119 Å². The number of thiophene rings is 1. The molecule has 1 aliphatic rings. The SMILES string of the molecule is CN(C)C1(C(O)Cc2ccc(Cl)s2)CCCCC1. The Kier molecular flexibility index (Phi) is 4.70. The van der Waals surface area contributed by atoms with Crippen molar-refractivity contribution in [1.29, 1.82) is 0 Å². The molecular weight excluding hydrogens is 266 g/mol. The highest BCUT2D eigenvalue weighted by molar-refractivity contribution is 7.16. The Bertz CT molecular complexity index is 385. The van der Waals surface area contributed by atoms with Crippen molar-refractivity contribution in [1.82, 2.24) is 4.90 Å². The van der Waals surface area contributed by atoms with E-state index in [-0.39, 0.29) is 11.6 Å². The Morgan fingerprint density at radius 3 is 2.50 bits per heavy atom. The number of aliphatic hydroxyl groups is 1. The summed E-state index contributed by atoms with van der Waals surface area (Å²) < 4.78 is 0.805. The number of hydrogen-bond donors (Lipinski definition) is 1. The molecule has 0 spiro atoms. The van der Waals surface area contributed by atoms with Gasteiger partial charge in [0.25, 0.3) is 0 Å². The molecule has 1 saturated carbocycles. The van der Waals surface area contributed by atoms with Gasteiger partial charge in [-0.2, -0.15) is 0 Å². The normalized spacial score (nSPS) is 21.2. The molecule has 1 unspecified atom stereocenters. The number of likely N-dealkylation sites (N-methyl/N-ethyl adjacent to an activating group) is 1. The summed E-state index contributed by atoms with van der Waals surface area (Å²) in [6.45, 7) is 0. The fraction of sp³-hybridized carbons (Fsp3) is 0.714. The third kappa shape index (κ3) is 2.90. The van der Waals surface area contributed by atoms with Crippen LogP contribution in [-0.2, 0) is 6.42 Å². The maximum Gasteiger partial charge on any atom is 0.0931 e. The van der Waals surface area contributed by atoms with Crippen molar-refractivity contribution in [2.45, 2.75) is 50.2 Å². The molecule has 4 heteroatoms. The predicted octanol–water partition coefficient (Wildman–Crippen LogP) is 3.57. The van der Waals surface area contributed by atoms with E-state index in [4.69, 9.17) is 11.6 Å². The molecule has 2 nitrogen and oxygen atoms in total. The zero-order valence-corrected chi connectivity index (χ0v) is 12.7. The van der Waals surface area contributed by atoms with Crippen LogP contribution >= 0.6 is 22.9 Å². The maximum atomic E-state index is 10.7. The minimum absolute atomic E-state index is 0.0469. The number of nitrogens with zero attached hydrogens (tertiary/aromatic N) is 1. The number of hydrogen-bond acceptors (Lipinski definition) is 3. The van der Waals surface area contributed by atoms with Gasteiger partial charge in [0.1, 0.15) is 0 Å². The Hall–Kier alpha value is -0.0900. The second kappa shape index (κ2) is 5.91. The lowest BCUT2D eigenvalue weighted by Crippen LogP contribution is -2.55. The monoisotopic (exact) mass is 287 g/mol. The molecule has 0 aliphatic heterocycles. The molecule has 1 N–H and O–H groups in total. The van der Waals surface area contributed by atoms with Crippen LogP contribution in [0.5, 0.6) is 0 Å². The van der Waals surface area contributed by atoms with Crippen molar-refractivity contribution < 1.29 is 5.11 Å². The lowest BCUT2D eigenvalue weighted by atomic mass is 9.75. The highest BCUT2D eigenvalue weighted by Crippen LogP contribution is 2.37. The molecule has 0 amide bonds. The van der Waals surface area contributed by atoms with Crippen molar-refractivity contribution in [3.63, 3.8) is 0 Å². The van der Waals surface area contributed by atoms with Crippen LogP contribution in [0.1, 0.15) is 37.0 Å². The van der Waals surface area contributed by atoms with Crippen molar-refractivity contribution in [2.24, 2.45) is 0 Å². The first-order valence-corrected chi connectivity index (χ1v) is 7.84. The van der Waals surface area contributed by atoms with Crippen LogP contribution in [0.4, 0.5) is 0 Å². The summed E-state index contributed by atoms with van der Waals surface area (Å²) in [5, 5.41) is 10.7. The molecule has 1 heterocycles. The van der Waals surface area contributed by atoms with Gasteiger partial charge in [-0.25, -0.2) is 0 Å². The smallest absolute Gasteiger partial charge is 0.0931 e. The molecule has 1 atom stereocenters. The highest BCUT2D eigenvalue weighted by atomic mass is 35.5. The first-order valence-electron chi connectivity index (χ1n) is 6.64. The third-order valence-electron chi connectivity index (χ3n) is 4.25. The van der Waals surface area contributed by atoms with E-state index in [0.29, 0.717) is 0 Å². The van der Waals surface area contributed by atoms with E-state index in [0.717, 1.165) is 23.6 Å². The van der Waals surface area contributed by atoms with Gasteiger partial charge in [0.15, 0.2) is 0 Å². The Morgan fingerprint density at radius 1 is 1.33 bits per heavy atom. The zero-order valence-electron chi connectivity index (χ0n) is 11.2. The lowest BCUT2D eigenvalue weighted by molar-refractivity contribution is -0.0306. The maximum absolute atomic E-state index is 10.7. The number of aliphatic hydroxyl groups excluding tert-OH is 1.